The molecule has 2 atom stereocenters. The molecule has 4 nitrogen and oxygen atoms in total. The number of hydrogen-bond donors (Lipinski definition) is 2. The summed E-state index contributed by atoms with van der Waals surface area (Å²) < 4.78 is 4.71. The highest BCUT2D eigenvalue weighted by Crippen LogP contribution is 1.88. The molecule has 0 aliphatic carbocycles. The second kappa shape index (κ2) is 5.34. The molecule has 0 bridgehead atoms. The van der Waals surface area contributed by atoms with Gasteiger partial charge in [0.2, 0.25) is 6.29 Å². The van der Waals surface area contributed by atoms with Crippen LogP contribution in [0.5, 0.6) is 0 Å². The largest absolute Gasteiger partial charge is 0.394 e. The summed E-state index contributed by atoms with van der Waals surface area (Å²) in [4.78, 5) is 9.81. The Morgan fingerprint density at radius 3 is 2.70 bits per heavy atom. The predicted molar refractivity (Wildman–Crippen MR) is 34.2 cm³/mol. The molecule has 0 aliphatic heterocycles. The lowest BCUT2D eigenvalue weighted by Crippen LogP contribution is -2.23. The first-order valence-electron chi connectivity index (χ1n) is 2.99. The van der Waals surface area contributed by atoms with Gasteiger partial charge in [-0.2, -0.15) is 0 Å². The molecule has 2 N–H and O–H groups in total. The van der Waals surface area contributed by atoms with Crippen LogP contribution in [0.3, 0.4) is 0 Å². The lowest BCUT2D eigenvalue weighted by molar-refractivity contribution is -0.00419. The number of ether oxygens (including phenoxy) is 1. The molecule has 4 heteroatoms. The van der Waals surface area contributed by atoms with Crippen molar-refractivity contribution >= 4 is 6.29 Å². The van der Waals surface area contributed by atoms with E-state index in [9.17, 15) is 4.79 Å². The molecule has 59 valence electrons. The smallest absolute Gasteiger partial charge is 0.229 e. The van der Waals surface area contributed by atoms with Crippen molar-refractivity contribution in [2.75, 3.05) is 13.2 Å². The van der Waals surface area contributed by atoms with Gasteiger partial charge in [-0.1, -0.05) is 0 Å². The van der Waals surface area contributed by atoms with E-state index >= 15 is 0 Å². The average molecular weight is 147 g/mol. The van der Waals surface area contributed by atoms with Crippen LogP contribution in [0, 0.1) is 0 Å². The fourth-order valence-corrected chi connectivity index (χ4v) is 0.342. The van der Waals surface area contributed by atoms with Crippen molar-refractivity contribution in [3.05, 3.63) is 0 Å². The van der Waals surface area contributed by atoms with E-state index in [2.05, 4.69) is 0 Å². The molecule has 0 spiro atoms. The molecular weight excluding hydrogens is 136 g/mol. The monoisotopic (exact) mass is 147 g/mol. The van der Waals surface area contributed by atoms with Crippen LogP contribution in [-0.2, 0) is 9.53 Å². The van der Waals surface area contributed by atoms with E-state index in [1.807, 2.05) is 0 Å². The highest BCUT2D eigenvalue weighted by Gasteiger charge is 2.05. The molecule has 2 unspecified atom stereocenters. The first-order valence-corrected chi connectivity index (χ1v) is 2.99. The van der Waals surface area contributed by atoms with Crippen LogP contribution in [-0.4, -0.2) is 41.9 Å². The minimum Gasteiger partial charge on any atom is -0.394 e. The zero-order valence-electron chi connectivity index (χ0n) is 5.78. The summed E-state index contributed by atoms with van der Waals surface area (Å²) in [6, 6.07) is 0. The molecule has 0 aromatic carbocycles. The fraction of sp³-hybridized carbons (Fsp3) is 0.833. The number of rotatable bonds is 5. The third-order valence-electron chi connectivity index (χ3n) is 0.915. The van der Waals surface area contributed by atoms with Gasteiger partial charge in [-0.05, 0) is 6.92 Å². The van der Waals surface area contributed by atoms with Crippen molar-refractivity contribution in [2.24, 2.45) is 0 Å². The molecule has 0 amide bonds. The Balaban J connectivity index is 3.25. The number of aliphatic hydroxyl groups excluding tert-OH is 2. The highest BCUT2D eigenvalue weighted by molar-refractivity contribution is 5.56. The van der Waals surface area contributed by atoms with Crippen LogP contribution < -0.4 is 0 Å². The standard InChI is InChI=1S/C6H11O4/c1-5(2-7)10-4-6(9)3-8/h5-6,8-9H,3-4H2,1H3. The van der Waals surface area contributed by atoms with E-state index in [1.165, 1.54) is 6.92 Å². The molecule has 1 radical (unpaired) electrons. The number of carbonyl (C=O) groups excluding carboxylic acids is 1. The van der Waals surface area contributed by atoms with Crippen LogP contribution >= 0.6 is 0 Å². The van der Waals surface area contributed by atoms with Gasteiger partial charge >= 0.3 is 0 Å². The molecule has 0 rings (SSSR count). The molecule has 0 saturated carbocycles. The molecule has 0 heterocycles. The van der Waals surface area contributed by atoms with Crippen molar-refractivity contribution in [1.82, 2.24) is 0 Å². The van der Waals surface area contributed by atoms with Gasteiger partial charge < -0.3 is 14.9 Å². The first kappa shape index (κ1) is 9.55. The number of hydrogen-bond acceptors (Lipinski definition) is 4. The average Bonchev–Trinajstić information content (AvgIpc) is 1.99. The fourth-order valence-electron chi connectivity index (χ4n) is 0.342. The molecule has 0 aliphatic rings. The third kappa shape index (κ3) is 4.43. The molecule has 0 aromatic heterocycles. The maximum atomic E-state index is 9.81. The highest BCUT2D eigenvalue weighted by atomic mass is 16.5. The van der Waals surface area contributed by atoms with E-state index in [1.54, 1.807) is 6.29 Å². The Morgan fingerprint density at radius 1 is 1.70 bits per heavy atom. The van der Waals surface area contributed by atoms with Gasteiger partial charge in [0, 0.05) is 0 Å². The second-order valence-electron chi connectivity index (χ2n) is 1.93. The summed E-state index contributed by atoms with van der Waals surface area (Å²) in [5, 5.41) is 17.0. The van der Waals surface area contributed by atoms with Crippen LogP contribution in [0.25, 0.3) is 0 Å². The Bertz CT molecular complexity index is 93.7. The van der Waals surface area contributed by atoms with Gasteiger partial charge in [-0.3, -0.25) is 4.79 Å². The third-order valence-corrected chi connectivity index (χ3v) is 0.915. The van der Waals surface area contributed by atoms with Gasteiger partial charge in [0.1, 0.15) is 12.2 Å². The van der Waals surface area contributed by atoms with Gasteiger partial charge in [0.15, 0.2) is 0 Å². The maximum absolute atomic E-state index is 9.81. The summed E-state index contributed by atoms with van der Waals surface area (Å²) in [6.07, 6.45) is 0.0350. The van der Waals surface area contributed by atoms with Gasteiger partial charge in [-0.15, -0.1) is 0 Å². The lowest BCUT2D eigenvalue weighted by Gasteiger charge is -2.08. The Morgan fingerprint density at radius 2 is 2.30 bits per heavy atom. The van der Waals surface area contributed by atoms with E-state index in [-0.39, 0.29) is 13.2 Å². The van der Waals surface area contributed by atoms with E-state index in [0.29, 0.717) is 0 Å². The Hall–Kier alpha value is -0.450. The quantitative estimate of drug-likeness (QED) is 0.515. The van der Waals surface area contributed by atoms with Crippen molar-refractivity contribution in [1.29, 1.82) is 0 Å². The first-order chi connectivity index (χ1) is 4.70. The summed E-state index contributed by atoms with van der Waals surface area (Å²) in [7, 11) is 0. The van der Waals surface area contributed by atoms with Crippen LogP contribution in [0.1, 0.15) is 6.92 Å². The maximum Gasteiger partial charge on any atom is 0.229 e. The van der Waals surface area contributed by atoms with Crippen molar-refractivity contribution < 1.29 is 19.7 Å². The molecular formula is C6H11O4. The van der Waals surface area contributed by atoms with Gasteiger partial charge in [0.05, 0.1) is 13.2 Å². The summed E-state index contributed by atoms with van der Waals surface area (Å²) in [5.41, 5.74) is 0. The van der Waals surface area contributed by atoms with Gasteiger partial charge in [0.25, 0.3) is 0 Å². The minimum absolute atomic E-state index is 0.0348. The second-order valence-corrected chi connectivity index (χ2v) is 1.93. The minimum atomic E-state index is -0.907. The van der Waals surface area contributed by atoms with Crippen LogP contribution in [0.2, 0.25) is 0 Å². The normalized spacial score (nSPS) is 16.3. The van der Waals surface area contributed by atoms with E-state index in [4.69, 9.17) is 14.9 Å². The summed E-state index contributed by atoms with van der Waals surface area (Å²) >= 11 is 0. The van der Waals surface area contributed by atoms with Crippen molar-refractivity contribution in [2.45, 2.75) is 19.1 Å². The summed E-state index contributed by atoms with van der Waals surface area (Å²) in [6.45, 7) is 1.12. The predicted octanol–water partition coefficient (Wildman–Crippen LogP) is -1.15. The van der Waals surface area contributed by atoms with Crippen LogP contribution in [0.4, 0.5) is 0 Å². The van der Waals surface area contributed by atoms with Gasteiger partial charge in [-0.25, -0.2) is 0 Å². The molecule has 0 saturated heterocycles. The lowest BCUT2D eigenvalue weighted by atomic mass is 10.4. The molecule has 0 aromatic rings. The van der Waals surface area contributed by atoms with Crippen molar-refractivity contribution in [3.63, 3.8) is 0 Å². The summed E-state index contributed by atoms with van der Waals surface area (Å²) in [5.74, 6) is 0. The van der Waals surface area contributed by atoms with Crippen LogP contribution in [0.15, 0.2) is 0 Å². The Labute approximate surface area is 59.4 Å². The topological polar surface area (TPSA) is 66.8 Å². The molecule has 10 heavy (non-hydrogen) atoms. The zero-order chi connectivity index (χ0) is 7.98. The Kier molecular flexibility index (Phi) is 5.10. The zero-order valence-corrected chi connectivity index (χ0v) is 5.78. The van der Waals surface area contributed by atoms with Crippen molar-refractivity contribution in [3.8, 4) is 0 Å². The van der Waals surface area contributed by atoms with E-state index < -0.39 is 12.2 Å². The molecule has 0 fully saturated rings. The van der Waals surface area contributed by atoms with E-state index in [0.717, 1.165) is 0 Å². The SMILES string of the molecule is CC([C]=O)OCC(O)CO. The number of aliphatic hydroxyl groups is 2.